The molecular weight excluding hydrogens is 557 g/mol. The SMILES string of the molecule is CCc1cc(=O)[nH]c(NNC(=O)c2cc(S(=O)(=O)Nc3cc(Cl)c(OC)cc3OC)c(Cl)cc2Cl)n1. The van der Waals surface area contributed by atoms with E-state index in [0.717, 1.165) is 12.1 Å². The minimum atomic E-state index is -4.35. The maximum Gasteiger partial charge on any atom is 0.271 e. The van der Waals surface area contributed by atoms with Gasteiger partial charge in [0.1, 0.15) is 16.4 Å². The molecule has 0 aliphatic heterocycles. The molecule has 1 heterocycles. The first-order chi connectivity index (χ1) is 17.0. The number of sulfonamides is 1. The van der Waals surface area contributed by atoms with Crippen LogP contribution >= 0.6 is 34.8 Å². The van der Waals surface area contributed by atoms with E-state index in [1.165, 1.54) is 32.4 Å². The molecule has 3 rings (SSSR count). The average Bonchev–Trinajstić information content (AvgIpc) is 2.82. The highest BCUT2D eigenvalue weighted by molar-refractivity contribution is 7.92. The van der Waals surface area contributed by atoms with Crippen molar-refractivity contribution in [3.63, 3.8) is 0 Å². The van der Waals surface area contributed by atoms with Gasteiger partial charge in [0.25, 0.3) is 21.5 Å². The van der Waals surface area contributed by atoms with Crippen molar-refractivity contribution in [3.05, 3.63) is 67.0 Å². The Balaban J connectivity index is 1.91. The van der Waals surface area contributed by atoms with Crippen LogP contribution in [0.1, 0.15) is 23.0 Å². The van der Waals surface area contributed by atoms with Crippen LogP contribution in [0.3, 0.4) is 0 Å². The van der Waals surface area contributed by atoms with E-state index in [4.69, 9.17) is 44.3 Å². The highest BCUT2D eigenvalue weighted by Gasteiger charge is 2.25. The van der Waals surface area contributed by atoms with E-state index in [9.17, 15) is 18.0 Å². The zero-order valence-electron chi connectivity index (χ0n) is 19.0. The van der Waals surface area contributed by atoms with Gasteiger partial charge in [-0.1, -0.05) is 41.7 Å². The molecule has 36 heavy (non-hydrogen) atoms. The molecule has 3 aromatic rings. The van der Waals surface area contributed by atoms with Crippen LogP contribution in [-0.2, 0) is 16.4 Å². The summed E-state index contributed by atoms with van der Waals surface area (Å²) in [6.45, 7) is 1.81. The number of methoxy groups -OCH3 is 2. The van der Waals surface area contributed by atoms with Gasteiger partial charge in [-0.3, -0.25) is 30.1 Å². The van der Waals surface area contributed by atoms with Crippen LogP contribution in [0.4, 0.5) is 11.6 Å². The Bertz CT molecular complexity index is 1480. The number of hydrogen-bond acceptors (Lipinski definition) is 8. The van der Waals surface area contributed by atoms with Gasteiger partial charge in [0.15, 0.2) is 0 Å². The lowest BCUT2D eigenvalue weighted by Crippen LogP contribution is -2.32. The zero-order valence-corrected chi connectivity index (χ0v) is 22.1. The molecule has 4 N–H and O–H groups in total. The van der Waals surface area contributed by atoms with Gasteiger partial charge < -0.3 is 9.47 Å². The third-order valence-electron chi connectivity index (χ3n) is 4.73. The molecule has 0 bridgehead atoms. The summed E-state index contributed by atoms with van der Waals surface area (Å²) in [5, 5.41) is -0.229. The number of ether oxygens (including phenoxy) is 2. The summed E-state index contributed by atoms with van der Waals surface area (Å²) >= 11 is 18.4. The molecule has 0 atom stereocenters. The number of hydrazine groups is 1. The average molecular weight is 577 g/mol. The number of hydrogen-bond donors (Lipinski definition) is 4. The summed E-state index contributed by atoms with van der Waals surface area (Å²) in [4.78, 5) is 30.6. The number of aromatic nitrogens is 2. The van der Waals surface area contributed by atoms with Crippen LogP contribution in [0, 0.1) is 0 Å². The topological polar surface area (TPSA) is 152 Å². The van der Waals surface area contributed by atoms with Gasteiger partial charge in [0.05, 0.1) is 40.5 Å². The number of nitrogens with one attached hydrogen (secondary N) is 4. The Morgan fingerprint density at radius 1 is 1.00 bits per heavy atom. The number of anilines is 2. The van der Waals surface area contributed by atoms with E-state index in [2.05, 4.69) is 25.5 Å². The standard InChI is InChI=1S/C21H20Cl3N5O6S/c1-4-10-5-19(30)26-21(25-10)28-27-20(31)11-6-18(14(24)7-12(11)22)36(32,33)29-15-8-13(23)16(34-2)9-17(15)35-3/h5-9,29H,4H2,1-3H3,(H,27,31)(H2,25,26,28,30). The first kappa shape index (κ1) is 27.4. The lowest BCUT2D eigenvalue weighted by atomic mass is 10.2. The van der Waals surface area contributed by atoms with E-state index in [1.807, 2.05) is 6.92 Å². The van der Waals surface area contributed by atoms with Crippen molar-refractivity contribution in [3.8, 4) is 11.5 Å². The van der Waals surface area contributed by atoms with Crippen molar-refractivity contribution in [2.45, 2.75) is 18.2 Å². The molecule has 0 saturated carbocycles. The molecule has 1 amide bonds. The molecule has 0 radical (unpaired) electrons. The molecule has 192 valence electrons. The van der Waals surface area contributed by atoms with Gasteiger partial charge in [-0.25, -0.2) is 13.4 Å². The maximum absolute atomic E-state index is 13.2. The molecule has 1 aromatic heterocycles. The van der Waals surface area contributed by atoms with Crippen LogP contribution in [0.25, 0.3) is 0 Å². The first-order valence-corrected chi connectivity index (χ1v) is 12.7. The number of amides is 1. The van der Waals surface area contributed by atoms with E-state index in [-0.39, 0.29) is 43.8 Å². The van der Waals surface area contributed by atoms with Crippen molar-refractivity contribution >= 4 is 62.4 Å². The maximum atomic E-state index is 13.2. The fourth-order valence-corrected chi connectivity index (χ4v) is 5.14. The molecule has 0 spiro atoms. The van der Waals surface area contributed by atoms with Crippen LogP contribution in [-0.4, -0.2) is 38.5 Å². The normalized spacial score (nSPS) is 11.1. The molecule has 2 aromatic carbocycles. The minimum absolute atomic E-state index is 0.00724. The van der Waals surface area contributed by atoms with Gasteiger partial charge in [-0.2, -0.15) is 0 Å². The van der Waals surface area contributed by atoms with Gasteiger partial charge in [0.2, 0.25) is 5.95 Å². The molecule has 0 aliphatic carbocycles. The van der Waals surface area contributed by atoms with Crippen molar-refractivity contribution in [1.82, 2.24) is 15.4 Å². The Labute approximate surface area is 221 Å². The monoisotopic (exact) mass is 575 g/mol. The van der Waals surface area contributed by atoms with Gasteiger partial charge >= 0.3 is 0 Å². The Hall–Kier alpha value is -3.19. The summed E-state index contributed by atoms with van der Waals surface area (Å²) in [5.74, 6) is -0.436. The van der Waals surface area contributed by atoms with Crippen molar-refractivity contribution < 1.29 is 22.7 Å². The minimum Gasteiger partial charge on any atom is -0.495 e. The Kier molecular flexibility index (Phi) is 8.56. The molecule has 0 fully saturated rings. The Morgan fingerprint density at radius 2 is 1.69 bits per heavy atom. The summed E-state index contributed by atoms with van der Waals surface area (Å²) in [6.07, 6.45) is 0.494. The predicted molar refractivity (Wildman–Crippen MR) is 137 cm³/mol. The molecule has 0 saturated heterocycles. The van der Waals surface area contributed by atoms with E-state index >= 15 is 0 Å². The lowest BCUT2D eigenvalue weighted by Gasteiger charge is -2.16. The zero-order chi connectivity index (χ0) is 26.6. The Morgan fingerprint density at radius 3 is 2.33 bits per heavy atom. The van der Waals surface area contributed by atoms with Crippen LogP contribution in [0.15, 0.2) is 40.0 Å². The number of aromatic amines is 1. The second-order valence-electron chi connectivity index (χ2n) is 7.07. The first-order valence-electron chi connectivity index (χ1n) is 10.1. The molecule has 0 aliphatic rings. The van der Waals surface area contributed by atoms with Gasteiger partial charge in [-0.05, 0) is 24.6 Å². The fourth-order valence-electron chi connectivity index (χ4n) is 2.98. The largest absolute Gasteiger partial charge is 0.495 e. The summed E-state index contributed by atoms with van der Waals surface area (Å²) in [7, 11) is -1.61. The smallest absolute Gasteiger partial charge is 0.271 e. The third kappa shape index (κ3) is 6.13. The highest BCUT2D eigenvalue weighted by Crippen LogP contribution is 2.38. The summed E-state index contributed by atoms with van der Waals surface area (Å²) in [5.41, 5.74) is 4.63. The number of nitrogens with zero attached hydrogens (tertiary/aromatic N) is 1. The number of carbonyl (C=O) groups excluding carboxylic acids is 1. The summed E-state index contributed by atoms with van der Waals surface area (Å²) < 4.78 is 39.0. The second kappa shape index (κ2) is 11.2. The van der Waals surface area contributed by atoms with E-state index < -0.39 is 26.4 Å². The molecule has 11 nitrogen and oxygen atoms in total. The predicted octanol–water partition coefficient (Wildman–Crippen LogP) is 3.87. The third-order valence-corrected chi connectivity index (χ3v) is 7.16. The van der Waals surface area contributed by atoms with E-state index in [1.54, 1.807) is 0 Å². The van der Waals surface area contributed by atoms with Crippen molar-refractivity contribution in [2.75, 3.05) is 24.4 Å². The van der Waals surface area contributed by atoms with Crippen LogP contribution in [0.2, 0.25) is 15.1 Å². The number of aryl methyl sites for hydroxylation is 1. The molecular formula is C21H20Cl3N5O6S. The number of H-pyrrole nitrogens is 1. The number of halogens is 3. The number of benzene rings is 2. The number of rotatable bonds is 9. The molecule has 0 unspecified atom stereocenters. The van der Waals surface area contributed by atoms with Crippen molar-refractivity contribution in [2.24, 2.45) is 0 Å². The van der Waals surface area contributed by atoms with Gasteiger partial charge in [-0.15, -0.1) is 0 Å². The second-order valence-corrected chi connectivity index (χ2v) is 9.95. The highest BCUT2D eigenvalue weighted by atomic mass is 35.5. The van der Waals surface area contributed by atoms with Crippen LogP contribution in [0.5, 0.6) is 11.5 Å². The van der Waals surface area contributed by atoms with Crippen molar-refractivity contribution in [1.29, 1.82) is 0 Å². The fraction of sp³-hybridized carbons (Fsp3) is 0.190. The molecule has 15 heteroatoms. The lowest BCUT2D eigenvalue weighted by molar-refractivity contribution is 0.0962. The quantitative estimate of drug-likeness (QED) is 0.280. The van der Waals surface area contributed by atoms with Gasteiger partial charge in [0, 0.05) is 17.8 Å². The van der Waals surface area contributed by atoms with E-state index in [0.29, 0.717) is 12.1 Å². The summed E-state index contributed by atoms with van der Waals surface area (Å²) in [6, 6.07) is 6.14. The number of carbonyl (C=O) groups is 1. The van der Waals surface area contributed by atoms with Crippen LogP contribution < -0.4 is 30.6 Å².